The smallest absolute Gasteiger partial charge is 0.410 e. The van der Waals surface area contributed by atoms with Gasteiger partial charge in [0.2, 0.25) is 15.9 Å². The van der Waals surface area contributed by atoms with Crippen LogP contribution in [0.1, 0.15) is 75.8 Å². The van der Waals surface area contributed by atoms with Crippen molar-refractivity contribution >= 4 is 39.7 Å². The van der Waals surface area contributed by atoms with Crippen molar-refractivity contribution in [1.82, 2.24) is 25.2 Å². The number of hydrogen-bond acceptors (Lipinski definition) is 8. The van der Waals surface area contributed by atoms with Crippen LogP contribution in [-0.2, 0) is 30.9 Å². The van der Waals surface area contributed by atoms with Crippen LogP contribution in [0.3, 0.4) is 0 Å². The van der Waals surface area contributed by atoms with Crippen LogP contribution in [0.15, 0.2) is 54.6 Å². The van der Waals surface area contributed by atoms with E-state index in [0.717, 1.165) is 36.8 Å². The Hall–Kier alpha value is -3.39. The van der Waals surface area contributed by atoms with Gasteiger partial charge < -0.3 is 30.3 Å². The van der Waals surface area contributed by atoms with Crippen molar-refractivity contribution in [2.75, 3.05) is 39.0 Å². The lowest BCUT2D eigenvalue weighted by molar-refractivity contribution is -0.125. The van der Waals surface area contributed by atoms with Crippen molar-refractivity contribution in [2.45, 2.75) is 95.5 Å². The highest BCUT2D eigenvalue weighted by molar-refractivity contribution is 7.89. The fraction of sp³-hybridized carbons (Fsp3) is 0.605. The Labute approximate surface area is 313 Å². The topological polar surface area (TPSA) is 146 Å². The van der Waals surface area contributed by atoms with E-state index in [0.29, 0.717) is 50.5 Å². The van der Waals surface area contributed by atoms with Gasteiger partial charge in [-0.15, -0.1) is 0 Å². The van der Waals surface area contributed by atoms with Crippen LogP contribution in [0.4, 0.5) is 9.59 Å². The van der Waals surface area contributed by atoms with Crippen LogP contribution in [-0.4, -0.2) is 98.9 Å². The molecule has 0 bridgehead atoms. The van der Waals surface area contributed by atoms with Gasteiger partial charge in [-0.25, -0.2) is 18.0 Å². The molecule has 2 aliphatic heterocycles. The number of nitrogens with zero attached hydrogens (tertiary/aromatic N) is 2. The van der Waals surface area contributed by atoms with Gasteiger partial charge in [0, 0.05) is 55.2 Å². The summed E-state index contributed by atoms with van der Waals surface area (Å²) in [4.78, 5) is 41.9. The largest absolute Gasteiger partial charge is 0.453 e. The number of piperidine rings is 1. The number of alkyl carbamates (subject to hydrolysis) is 1. The molecular weight excluding hydrogens is 706 g/mol. The second-order valence-corrected chi connectivity index (χ2v) is 17.0. The van der Waals surface area contributed by atoms with E-state index in [4.69, 9.17) is 21.1 Å². The Morgan fingerprint density at radius 2 is 1.71 bits per heavy atom. The second kappa shape index (κ2) is 18.6. The van der Waals surface area contributed by atoms with E-state index < -0.39 is 28.1 Å². The van der Waals surface area contributed by atoms with Crippen molar-refractivity contribution in [3.8, 4) is 0 Å². The Morgan fingerprint density at radius 1 is 1.00 bits per heavy atom. The van der Waals surface area contributed by atoms with Gasteiger partial charge in [0.05, 0.1) is 12.9 Å². The number of halogens is 1. The van der Waals surface area contributed by atoms with Crippen LogP contribution in [0.25, 0.3) is 0 Å². The lowest BCUT2D eigenvalue weighted by Crippen LogP contribution is -2.57. The Bertz CT molecular complexity index is 1590. The summed E-state index contributed by atoms with van der Waals surface area (Å²) in [5.41, 5.74) is 1.76. The molecule has 286 valence electrons. The van der Waals surface area contributed by atoms with Gasteiger partial charge in [-0.1, -0.05) is 60.5 Å². The molecule has 2 aromatic carbocycles. The highest BCUT2D eigenvalue weighted by Gasteiger charge is 2.41. The van der Waals surface area contributed by atoms with Crippen molar-refractivity contribution in [2.24, 2.45) is 11.8 Å². The first kappa shape index (κ1) is 39.8. The fourth-order valence-electron chi connectivity index (χ4n) is 8.10. The van der Waals surface area contributed by atoms with Gasteiger partial charge in [0.1, 0.15) is 12.6 Å². The van der Waals surface area contributed by atoms with Crippen LogP contribution in [0, 0.1) is 11.8 Å². The van der Waals surface area contributed by atoms with E-state index in [9.17, 15) is 22.8 Å². The average Bonchev–Trinajstić information content (AvgIpc) is 3.60. The molecule has 3 N–H and O–H groups in total. The van der Waals surface area contributed by atoms with Gasteiger partial charge in [-0.3, -0.25) is 4.79 Å². The molecule has 6 atom stereocenters. The summed E-state index contributed by atoms with van der Waals surface area (Å²) in [6.07, 6.45) is 4.24. The minimum atomic E-state index is -3.34. The van der Waals surface area contributed by atoms with Crippen LogP contribution < -0.4 is 16.0 Å². The summed E-state index contributed by atoms with van der Waals surface area (Å²) in [6.45, 7) is 5.81. The number of methoxy groups -OCH3 is 1. The molecule has 14 heteroatoms. The molecule has 0 radical (unpaired) electrons. The Balaban J connectivity index is 1.29. The zero-order valence-electron chi connectivity index (χ0n) is 30.5. The summed E-state index contributed by atoms with van der Waals surface area (Å²) in [6, 6.07) is 15.8. The normalized spacial score (nSPS) is 24.1. The van der Waals surface area contributed by atoms with Gasteiger partial charge in [0.25, 0.3) is 0 Å². The molecule has 6 unspecified atom stereocenters. The highest BCUT2D eigenvalue weighted by atomic mass is 35.5. The number of sulfonamides is 1. The third kappa shape index (κ3) is 10.4. The number of hydrogen-bond donors (Lipinski definition) is 3. The maximum Gasteiger partial charge on any atom is 0.410 e. The predicted octanol–water partition coefficient (Wildman–Crippen LogP) is 5.27. The molecule has 3 fully saturated rings. The molecule has 2 aromatic rings. The van der Waals surface area contributed by atoms with Crippen molar-refractivity contribution in [3.05, 3.63) is 70.7 Å². The number of amides is 3. The Morgan fingerprint density at radius 3 is 2.38 bits per heavy atom. The second-order valence-electron chi connectivity index (χ2n) is 14.4. The fourth-order valence-corrected chi connectivity index (χ4v) is 9.65. The minimum Gasteiger partial charge on any atom is -0.453 e. The molecule has 3 amide bonds. The van der Waals surface area contributed by atoms with E-state index in [1.54, 1.807) is 28.3 Å². The molecule has 12 nitrogen and oxygen atoms in total. The third-order valence-corrected chi connectivity index (χ3v) is 13.2. The maximum absolute atomic E-state index is 14.4. The zero-order valence-corrected chi connectivity index (χ0v) is 32.0. The highest BCUT2D eigenvalue weighted by Crippen LogP contribution is 2.38. The molecule has 0 aromatic heterocycles. The summed E-state index contributed by atoms with van der Waals surface area (Å²) >= 11 is 6.28. The summed E-state index contributed by atoms with van der Waals surface area (Å²) in [5, 5.41) is 10.2. The molecule has 0 spiro atoms. The molecule has 2 heterocycles. The number of benzene rings is 2. The van der Waals surface area contributed by atoms with Crippen LogP contribution in [0.2, 0.25) is 5.02 Å². The Kier molecular flexibility index (Phi) is 14.2. The first-order chi connectivity index (χ1) is 25.0. The van der Waals surface area contributed by atoms with E-state index >= 15 is 0 Å². The number of carbonyl (C=O) groups excluding carboxylic acids is 3. The number of carbonyl (C=O) groups is 3. The molecule has 52 heavy (non-hydrogen) atoms. The number of rotatable bonds is 13. The van der Waals surface area contributed by atoms with Crippen molar-refractivity contribution in [3.63, 3.8) is 0 Å². The molecular formula is C38H54ClN5O7S. The first-order valence-corrected chi connectivity index (χ1v) is 20.6. The summed E-state index contributed by atoms with van der Waals surface area (Å²) in [7, 11) is -2.07. The number of likely N-dealkylation sites (tertiary alicyclic amines) is 1. The lowest BCUT2D eigenvalue weighted by atomic mass is 9.75. The van der Waals surface area contributed by atoms with Crippen LogP contribution in [0.5, 0.6) is 0 Å². The predicted molar refractivity (Wildman–Crippen MR) is 200 cm³/mol. The van der Waals surface area contributed by atoms with Gasteiger partial charge in [-0.05, 0) is 87.5 Å². The monoisotopic (exact) mass is 759 g/mol. The van der Waals surface area contributed by atoms with Gasteiger partial charge >= 0.3 is 12.2 Å². The van der Waals surface area contributed by atoms with E-state index in [1.165, 1.54) is 7.11 Å². The molecule has 1 saturated carbocycles. The molecule has 5 rings (SSSR count). The van der Waals surface area contributed by atoms with Crippen molar-refractivity contribution in [1.29, 1.82) is 0 Å². The first-order valence-electron chi connectivity index (χ1n) is 18.6. The quantitative estimate of drug-likeness (QED) is 0.250. The number of nitrogens with one attached hydrogen (secondary N) is 3. The van der Waals surface area contributed by atoms with E-state index in [2.05, 4.69) is 16.0 Å². The van der Waals surface area contributed by atoms with Crippen molar-refractivity contribution < 1.29 is 32.3 Å². The summed E-state index contributed by atoms with van der Waals surface area (Å²) in [5.74, 6) is -0.539. The van der Waals surface area contributed by atoms with E-state index in [1.807, 2.05) is 49.4 Å². The van der Waals surface area contributed by atoms with Crippen LogP contribution >= 0.6 is 11.6 Å². The minimum absolute atomic E-state index is 0.0562. The molecule has 3 aliphatic rings. The summed E-state index contributed by atoms with van der Waals surface area (Å²) < 4.78 is 38.1. The molecule has 1 aliphatic carbocycles. The van der Waals surface area contributed by atoms with E-state index in [-0.39, 0.29) is 54.3 Å². The third-order valence-electron chi connectivity index (χ3n) is 11.0. The standard InChI is InChI=1S/C38H54ClN5O7S/c1-4-52(48,49)44-24-26(2)40-23-32(44)18-15-28-11-8-12-33(28)41-36(45)35(42-37(46)50-3)34(29-13-16-31(39)17-14-29)30-19-21-43(22-20-30)38(47)51-25-27-9-6-5-7-10-27/h5-7,9-10,13-14,16-17,26,28,30,32-35,40H,4,8,11-12,15,18-25H2,1-3H3,(H,41,45)(H,42,46). The molecule has 2 saturated heterocycles. The van der Waals surface area contributed by atoms with Gasteiger partial charge in [-0.2, -0.15) is 4.31 Å². The average molecular weight is 760 g/mol. The number of ether oxygens (including phenoxy) is 2. The van der Waals surface area contributed by atoms with Gasteiger partial charge in [0.15, 0.2) is 0 Å². The SMILES string of the molecule is CCS(=O)(=O)N1CC(C)NCC1CCC1CCCC1NC(=O)C(NC(=O)OC)C(c1ccc(Cl)cc1)C1CCN(C(=O)OCc2ccccc2)CC1. The zero-order chi connectivity index (χ0) is 37.3. The number of piperazine rings is 1. The maximum atomic E-state index is 14.4. The lowest BCUT2D eigenvalue weighted by Gasteiger charge is -2.39.